The fraction of sp³-hybridized carbons (Fsp3) is 0.214. The molecule has 0 spiro atoms. The minimum Gasteiger partial charge on any atom is -0.481 e. The lowest BCUT2D eigenvalue weighted by Crippen LogP contribution is -2.14. The zero-order valence-electron chi connectivity index (χ0n) is 10.5. The third kappa shape index (κ3) is 3.66. The van der Waals surface area contributed by atoms with Gasteiger partial charge in [0.15, 0.2) is 0 Å². The van der Waals surface area contributed by atoms with Crippen molar-refractivity contribution in [2.75, 3.05) is 7.11 Å². The van der Waals surface area contributed by atoms with Crippen molar-refractivity contribution in [1.82, 2.24) is 10.3 Å². The minimum absolute atomic E-state index is 0.143. The molecule has 0 aliphatic carbocycles. The number of rotatable bonds is 5. The lowest BCUT2D eigenvalue weighted by molar-refractivity contribution is 0.397. The number of nitrogens with zero attached hydrogens (tertiary/aromatic N) is 1. The van der Waals surface area contributed by atoms with Crippen LogP contribution in [0.15, 0.2) is 36.5 Å². The molecule has 0 saturated carbocycles. The molecule has 0 saturated heterocycles. The highest BCUT2D eigenvalue weighted by Crippen LogP contribution is 2.17. The predicted octanol–water partition coefficient (Wildman–Crippen LogP) is 3.17. The summed E-state index contributed by atoms with van der Waals surface area (Å²) in [6.07, 6.45) is 1.68. The van der Waals surface area contributed by atoms with E-state index in [1.165, 1.54) is 6.07 Å². The van der Waals surface area contributed by atoms with E-state index in [-0.39, 0.29) is 10.8 Å². The van der Waals surface area contributed by atoms with Crippen LogP contribution in [-0.2, 0) is 13.1 Å². The maximum Gasteiger partial charge on any atom is 0.213 e. The lowest BCUT2D eigenvalue weighted by atomic mass is 10.2. The van der Waals surface area contributed by atoms with E-state index in [9.17, 15) is 4.39 Å². The van der Waals surface area contributed by atoms with Gasteiger partial charge in [0.2, 0.25) is 5.88 Å². The maximum atomic E-state index is 13.6. The number of benzene rings is 1. The van der Waals surface area contributed by atoms with Crippen LogP contribution >= 0.6 is 11.6 Å². The number of methoxy groups -OCH3 is 1. The molecule has 0 aliphatic heterocycles. The smallest absolute Gasteiger partial charge is 0.213 e. The van der Waals surface area contributed by atoms with Crippen LogP contribution in [0.25, 0.3) is 0 Å². The van der Waals surface area contributed by atoms with E-state index in [1.54, 1.807) is 25.4 Å². The van der Waals surface area contributed by atoms with Crippen LogP contribution in [0, 0.1) is 5.82 Å². The largest absolute Gasteiger partial charge is 0.481 e. The van der Waals surface area contributed by atoms with Crippen LogP contribution in [-0.4, -0.2) is 12.1 Å². The molecule has 0 fully saturated rings. The number of ether oxygens (including phenoxy) is 1. The normalized spacial score (nSPS) is 10.5. The molecule has 0 atom stereocenters. The molecule has 2 rings (SSSR count). The van der Waals surface area contributed by atoms with Gasteiger partial charge in [-0.05, 0) is 17.7 Å². The van der Waals surface area contributed by atoms with Gasteiger partial charge >= 0.3 is 0 Å². The number of aromatic nitrogens is 1. The van der Waals surface area contributed by atoms with Crippen LogP contribution in [0.2, 0.25) is 5.02 Å². The topological polar surface area (TPSA) is 34.1 Å². The van der Waals surface area contributed by atoms with Crippen molar-refractivity contribution in [1.29, 1.82) is 0 Å². The molecule has 1 aromatic heterocycles. The Morgan fingerprint density at radius 3 is 2.95 bits per heavy atom. The first-order chi connectivity index (χ1) is 9.20. The third-order valence-corrected chi connectivity index (χ3v) is 2.98. The Morgan fingerprint density at radius 2 is 2.16 bits per heavy atom. The molecular weight excluding hydrogens is 267 g/mol. The van der Waals surface area contributed by atoms with E-state index >= 15 is 0 Å². The Bertz CT molecular complexity index is 563. The monoisotopic (exact) mass is 280 g/mol. The van der Waals surface area contributed by atoms with Gasteiger partial charge in [-0.1, -0.05) is 23.7 Å². The SMILES string of the molecule is COc1cc(CNCc2cccc(Cl)c2F)ccn1. The van der Waals surface area contributed by atoms with Gasteiger partial charge in [-0.25, -0.2) is 9.37 Å². The van der Waals surface area contributed by atoms with Gasteiger partial charge in [0.25, 0.3) is 0 Å². The van der Waals surface area contributed by atoms with Crippen LogP contribution < -0.4 is 10.1 Å². The van der Waals surface area contributed by atoms with Gasteiger partial charge < -0.3 is 10.1 Å². The molecule has 0 radical (unpaired) electrons. The molecule has 2 aromatic rings. The van der Waals surface area contributed by atoms with Crippen LogP contribution in [0.1, 0.15) is 11.1 Å². The standard InChI is InChI=1S/C14H14ClFN2O/c1-19-13-7-10(5-6-18-13)8-17-9-11-3-2-4-12(15)14(11)16/h2-7,17H,8-9H2,1H3. The van der Waals surface area contributed by atoms with Crippen molar-refractivity contribution < 1.29 is 9.13 Å². The van der Waals surface area contributed by atoms with E-state index in [4.69, 9.17) is 16.3 Å². The molecular formula is C14H14ClFN2O. The van der Waals surface area contributed by atoms with Crippen LogP contribution in [0.4, 0.5) is 4.39 Å². The first-order valence-electron chi connectivity index (χ1n) is 5.83. The number of nitrogens with one attached hydrogen (secondary N) is 1. The fourth-order valence-corrected chi connectivity index (χ4v) is 1.89. The average Bonchev–Trinajstić information content (AvgIpc) is 2.44. The summed E-state index contributed by atoms with van der Waals surface area (Å²) in [6.45, 7) is 1.02. The first-order valence-corrected chi connectivity index (χ1v) is 6.21. The van der Waals surface area contributed by atoms with Crippen molar-refractivity contribution in [2.24, 2.45) is 0 Å². The zero-order valence-corrected chi connectivity index (χ0v) is 11.2. The van der Waals surface area contributed by atoms with Crippen LogP contribution in [0.5, 0.6) is 5.88 Å². The summed E-state index contributed by atoms with van der Waals surface area (Å²) in [7, 11) is 1.57. The molecule has 0 bridgehead atoms. The number of hydrogen-bond acceptors (Lipinski definition) is 3. The molecule has 1 N–H and O–H groups in total. The Balaban J connectivity index is 1.94. The summed E-state index contributed by atoms with van der Waals surface area (Å²) in [5.74, 6) is 0.192. The van der Waals surface area contributed by atoms with Gasteiger partial charge in [-0.2, -0.15) is 0 Å². The Morgan fingerprint density at radius 1 is 1.32 bits per heavy atom. The van der Waals surface area contributed by atoms with Gasteiger partial charge in [0.05, 0.1) is 12.1 Å². The third-order valence-electron chi connectivity index (χ3n) is 2.68. The number of hydrogen-bond donors (Lipinski definition) is 1. The van der Waals surface area contributed by atoms with Gasteiger partial charge in [0.1, 0.15) is 5.82 Å². The van der Waals surface area contributed by atoms with Crippen molar-refractivity contribution in [3.05, 3.63) is 58.5 Å². The van der Waals surface area contributed by atoms with E-state index < -0.39 is 0 Å². The molecule has 0 aliphatic rings. The molecule has 1 heterocycles. The van der Waals surface area contributed by atoms with Gasteiger partial charge in [0, 0.05) is 30.9 Å². The highest BCUT2D eigenvalue weighted by molar-refractivity contribution is 6.30. The van der Waals surface area contributed by atoms with Gasteiger partial charge in [-0.15, -0.1) is 0 Å². The minimum atomic E-state index is -0.371. The Hall–Kier alpha value is -1.65. The molecule has 1 aromatic carbocycles. The Kier molecular flexibility index (Phi) is 4.71. The second-order valence-electron chi connectivity index (χ2n) is 4.02. The summed E-state index contributed by atoms with van der Waals surface area (Å²) in [5, 5.41) is 3.30. The molecule has 0 unspecified atom stereocenters. The summed E-state index contributed by atoms with van der Waals surface area (Å²) in [6, 6.07) is 8.69. The van der Waals surface area contributed by atoms with Gasteiger partial charge in [-0.3, -0.25) is 0 Å². The summed E-state index contributed by atoms with van der Waals surface area (Å²) >= 11 is 5.72. The Labute approximate surface area is 116 Å². The molecule has 19 heavy (non-hydrogen) atoms. The second kappa shape index (κ2) is 6.50. The van der Waals surface area contributed by atoms with Crippen LogP contribution in [0.3, 0.4) is 0 Å². The summed E-state index contributed by atoms with van der Waals surface area (Å²) in [5.41, 5.74) is 1.57. The average molecular weight is 281 g/mol. The molecule has 3 nitrogen and oxygen atoms in total. The summed E-state index contributed by atoms with van der Waals surface area (Å²) < 4.78 is 18.7. The highest BCUT2D eigenvalue weighted by Gasteiger charge is 2.05. The number of pyridine rings is 1. The second-order valence-corrected chi connectivity index (χ2v) is 4.43. The quantitative estimate of drug-likeness (QED) is 0.913. The van der Waals surface area contributed by atoms with E-state index in [0.717, 1.165) is 5.56 Å². The predicted molar refractivity (Wildman–Crippen MR) is 72.7 cm³/mol. The molecule has 100 valence electrons. The van der Waals surface area contributed by atoms with Crippen molar-refractivity contribution in [3.8, 4) is 5.88 Å². The van der Waals surface area contributed by atoms with Crippen molar-refractivity contribution in [2.45, 2.75) is 13.1 Å². The van der Waals surface area contributed by atoms with E-state index in [0.29, 0.717) is 24.5 Å². The number of halogens is 2. The fourth-order valence-electron chi connectivity index (χ4n) is 1.70. The zero-order chi connectivity index (χ0) is 13.7. The van der Waals surface area contributed by atoms with Crippen molar-refractivity contribution >= 4 is 11.6 Å². The first kappa shape index (κ1) is 13.8. The van der Waals surface area contributed by atoms with Crippen molar-refractivity contribution in [3.63, 3.8) is 0 Å². The molecule has 0 amide bonds. The highest BCUT2D eigenvalue weighted by atomic mass is 35.5. The summed E-state index contributed by atoms with van der Waals surface area (Å²) in [4.78, 5) is 4.02. The molecule has 5 heteroatoms. The maximum absolute atomic E-state index is 13.6. The lowest BCUT2D eigenvalue weighted by Gasteiger charge is -2.07. The van der Waals surface area contributed by atoms with E-state index in [1.807, 2.05) is 12.1 Å². The van der Waals surface area contributed by atoms with E-state index in [2.05, 4.69) is 10.3 Å².